The number of likely N-dealkylation sites (tertiary alicyclic amines) is 1. The first kappa shape index (κ1) is 16.0. The zero-order valence-corrected chi connectivity index (χ0v) is 13.8. The first-order valence-corrected chi connectivity index (χ1v) is 8.64. The Morgan fingerprint density at radius 2 is 1.95 bits per heavy atom. The maximum absolute atomic E-state index is 6.47. The second kappa shape index (κ2) is 8.11. The Labute approximate surface area is 138 Å². The van der Waals surface area contributed by atoms with E-state index in [9.17, 15) is 0 Å². The van der Waals surface area contributed by atoms with E-state index in [2.05, 4.69) is 28.0 Å². The molecule has 3 rings (SSSR count). The largest absolute Gasteiger partial charge is 0.379 e. The monoisotopic (exact) mass is 320 g/mol. The summed E-state index contributed by atoms with van der Waals surface area (Å²) in [4.78, 5) is 5.08. The maximum Gasteiger partial charge on any atom is 0.0594 e. The quantitative estimate of drug-likeness (QED) is 0.848. The molecule has 0 amide bonds. The molecule has 0 unspecified atom stereocenters. The van der Waals surface area contributed by atoms with Crippen LogP contribution >= 0.6 is 11.6 Å². The van der Waals surface area contributed by atoms with Crippen LogP contribution in [0.1, 0.15) is 18.4 Å². The summed E-state index contributed by atoms with van der Waals surface area (Å²) in [5, 5.41) is 0.925. The van der Waals surface area contributed by atoms with Gasteiger partial charge < -0.3 is 4.74 Å². The molecule has 0 radical (unpaired) electrons. The minimum absolute atomic E-state index is 0.666. The number of benzene rings is 1. The van der Waals surface area contributed by atoms with Crippen molar-refractivity contribution in [3.8, 4) is 0 Å². The summed E-state index contributed by atoms with van der Waals surface area (Å²) >= 11 is 6.47. The average molecular weight is 321 g/mol. The number of halogens is 1. The van der Waals surface area contributed by atoms with Crippen molar-refractivity contribution in [3.05, 3.63) is 40.9 Å². The highest BCUT2D eigenvalue weighted by molar-refractivity contribution is 6.31. The fourth-order valence-corrected chi connectivity index (χ4v) is 3.70. The Bertz CT molecular complexity index is 485. The molecule has 0 aromatic heterocycles. The van der Waals surface area contributed by atoms with Crippen LogP contribution in [0.4, 0.5) is 0 Å². The molecule has 2 aliphatic heterocycles. The summed E-state index contributed by atoms with van der Waals surface area (Å²) in [7, 11) is 0. The molecule has 3 nitrogen and oxygen atoms in total. The predicted molar refractivity (Wildman–Crippen MR) is 92.1 cm³/mol. The van der Waals surface area contributed by atoms with E-state index in [1.807, 2.05) is 18.2 Å². The van der Waals surface area contributed by atoms with Crippen LogP contribution < -0.4 is 0 Å². The fraction of sp³-hybridized carbons (Fsp3) is 0.556. The SMILES string of the molecule is Cl/C(=C\c1ccccc1)CN1CCC[C@H](N2CCOCC2)C1. The molecular formula is C18H25ClN2O. The molecule has 2 heterocycles. The second-order valence-corrected chi connectivity index (χ2v) is 6.67. The number of rotatable bonds is 4. The summed E-state index contributed by atoms with van der Waals surface area (Å²) in [6, 6.07) is 11.0. The summed E-state index contributed by atoms with van der Waals surface area (Å²) in [5.74, 6) is 0. The van der Waals surface area contributed by atoms with Gasteiger partial charge >= 0.3 is 0 Å². The van der Waals surface area contributed by atoms with Gasteiger partial charge in [-0.2, -0.15) is 0 Å². The Morgan fingerprint density at radius 1 is 1.18 bits per heavy atom. The van der Waals surface area contributed by atoms with E-state index >= 15 is 0 Å². The third-order valence-electron chi connectivity index (χ3n) is 4.54. The van der Waals surface area contributed by atoms with Crippen LogP contribution in [0.5, 0.6) is 0 Å². The third kappa shape index (κ3) is 4.56. The maximum atomic E-state index is 6.47. The van der Waals surface area contributed by atoms with Gasteiger partial charge in [-0.05, 0) is 31.0 Å². The zero-order valence-electron chi connectivity index (χ0n) is 13.1. The molecule has 0 spiro atoms. The third-order valence-corrected chi connectivity index (χ3v) is 4.77. The lowest BCUT2D eigenvalue weighted by atomic mass is 10.0. The Hall–Kier alpha value is -0.870. The van der Waals surface area contributed by atoms with Crippen LogP contribution in [-0.4, -0.2) is 61.8 Å². The van der Waals surface area contributed by atoms with E-state index in [1.54, 1.807) is 0 Å². The predicted octanol–water partition coefficient (Wildman–Crippen LogP) is 3.06. The Kier molecular flexibility index (Phi) is 5.90. The van der Waals surface area contributed by atoms with Crippen molar-refractivity contribution in [2.24, 2.45) is 0 Å². The van der Waals surface area contributed by atoms with Gasteiger partial charge in [-0.1, -0.05) is 41.9 Å². The normalized spacial score (nSPS) is 25.3. The van der Waals surface area contributed by atoms with Crippen molar-refractivity contribution in [2.45, 2.75) is 18.9 Å². The Morgan fingerprint density at radius 3 is 2.73 bits per heavy atom. The van der Waals surface area contributed by atoms with E-state index in [0.717, 1.165) is 51.0 Å². The second-order valence-electron chi connectivity index (χ2n) is 6.18. The summed E-state index contributed by atoms with van der Waals surface area (Å²) in [6.45, 7) is 7.05. The van der Waals surface area contributed by atoms with E-state index in [-0.39, 0.29) is 0 Å². The first-order chi connectivity index (χ1) is 10.8. The van der Waals surface area contributed by atoms with Gasteiger partial charge in [0.15, 0.2) is 0 Å². The highest BCUT2D eigenvalue weighted by Gasteiger charge is 2.26. The molecule has 2 fully saturated rings. The molecule has 2 saturated heterocycles. The van der Waals surface area contributed by atoms with Crippen LogP contribution in [0, 0.1) is 0 Å². The van der Waals surface area contributed by atoms with Gasteiger partial charge in [0.1, 0.15) is 0 Å². The standard InChI is InChI=1S/C18H25ClN2O/c19-17(13-16-5-2-1-3-6-16)14-20-8-4-7-18(15-20)21-9-11-22-12-10-21/h1-3,5-6,13,18H,4,7-12,14-15H2/b17-13-/t18-/m0/s1. The number of hydrogen-bond acceptors (Lipinski definition) is 3. The number of morpholine rings is 1. The number of piperidine rings is 1. The summed E-state index contributed by atoms with van der Waals surface area (Å²) < 4.78 is 5.46. The molecule has 1 atom stereocenters. The summed E-state index contributed by atoms with van der Waals surface area (Å²) in [6.07, 6.45) is 4.65. The summed E-state index contributed by atoms with van der Waals surface area (Å²) in [5.41, 5.74) is 1.18. The molecule has 0 N–H and O–H groups in total. The van der Waals surface area contributed by atoms with Crippen molar-refractivity contribution in [1.29, 1.82) is 0 Å². The molecular weight excluding hydrogens is 296 g/mol. The van der Waals surface area contributed by atoms with Crippen LogP contribution in [0.25, 0.3) is 6.08 Å². The minimum atomic E-state index is 0.666. The fourth-order valence-electron chi connectivity index (χ4n) is 3.40. The average Bonchev–Trinajstić information content (AvgIpc) is 2.57. The molecule has 0 aliphatic carbocycles. The van der Waals surface area contributed by atoms with E-state index in [1.165, 1.54) is 18.4 Å². The van der Waals surface area contributed by atoms with Crippen LogP contribution in [0.3, 0.4) is 0 Å². The van der Waals surface area contributed by atoms with Crippen molar-refractivity contribution in [1.82, 2.24) is 9.80 Å². The molecule has 1 aromatic carbocycles. The highest BCUT2D eigenvalue weighted by Crippen LogP contribution is 2.20. The van der Waals surface area contributed by atoms with Gasteiger partial charge in [-0.25, -0.2) is 0 Å². The smallest absolute Gasteiger partial charge is 0.0594 e. The van der Waals surface area contributed by atoms with Crippen LogP contribution in [-0.2, 0) is 4.74 Å². The molecule has 4 heteroatoms. The lowest BCUT2D eigenvalue weighted by Gasteiger charge is -2.40. The highest BCUT2D eigenvalue weighted by atomic mass is 35.5. The molecule has 120 valence electrons. The van der Waals surface area contributed by atoms with Crippen LogP contribution in [0.15, 0.2) is 35.4 Å². The van der Waals surface area contributed by atoms with E-state index < -0.39 is 0 Å². The van der Waals surface area contributed by atoms with Crippen molar-refractivity contribution in [3.63, 3.8) is 0 Å². The van der Waals surface area contributed by atoms with Crippen molar-refractivity contribution in [2.75, 3.05) is 45.9 Å². The van der Waals surface area contributed by atoms with E-state index in [0.29, 0.717) is 6.04 Å². The van der Waals surface area contributed by atoms with Crippen molar-refractivity contribution >= 4 is 17.7 Å². The molecule has 2 aliphatic rings. The molecule has 0 saturated carbocycles. The van der Waals surface area contributed by atoms with Gasteiger partial charge in [0.05, 0.1) is 13.2 Å². The van der Waals surface area contributed by atoms with Gasteiger partial charge in [0.25, 0.3) is 0 Å². The van der Waals surface area contributed by atoms with Crippen LogP contribution in [0.2, 0.25) is 0 Å². The Balaban J connectivity index is 1.54. The van der Waals surface area contributed by atoms with E-state index in [4.69, 9.17) is 16.3 Å². The number of hydrogen-bond donors (Lipinski definition) is 0. The topological polar surface area (TPSA) is 15.7 Å². The minimum Gasteiger partial charge on any atom is -0.379 e. The van der Waals surface area contributed by atoms with Crippen molar-refractivity contribution < 1.29 is 4.74 Å². The zero-order chi connectivity index (χ0) is 15.2. The lowest BCUT2D eigenvalue weighted by Crippen LogP contribution is -2.51. The van der Waals surface area contributed by atoms with Gasteiger partial charge in [0.2, 0.25) is 0 Å². The first-order valence-electron chi connectivity index (χ1n) is 8.26. The number of ether oxygens (including phenoxy) is 1. The molecule has 1 aromatic rings. The van der Waals surface area contributed by atoms with Gasteiger partial charge in [-0.3, -0.25) is 9.80 Å². The van der Waals surface area contributed by atoms with Gasteiger partial charge in [-0.15, -0.1) is 0 Å². The lowest BCUT2D eigenvalue weighted by molar-refractivity contribution is -0.00128. The van der Waals surface area contributed by atoms with Gasteiger partial charge in [0, 0.05) is 37.3 Å². The number of nitrogens with zero attached hydrogens (tertiary/aromatic N) is 2. The molecule has 0 bridgehead atoms. The molecule has 22 heavy (non-hydrogen) atoms.